The lowest BCUT2D eigenvalue weighted by atomic mass is 9.89. The molecule has 1 aromatic carbocycles. The molecule has 0 amide bonds. The Morgan fingerprint density at radius 3 is 2.96 bits per heavy atom. The number of nitrogen functional groups attached to an aromatic ring is 1. The molecule has 0 unspecified atom stereocenters. The molecule has 0 bridgehead atoms. The van der Waals surface area contributed by atoms with Crippen molar-refractivity contribution in [3.8, 4) is 22.9 Å². The molecular formula is C19H18N6. The van der Waals surface area contributed by atoms with Crippen LogP contribution in [0.5, 0.6) is 0 Å². The molecule has 2 aromatic heterocycles. The van der Waals surface area contributed by atoms with Crippen LogP contribution in [-0.2, 0) is 13.0 Å². The lowest BCUT2D eigenvalue weighted by Crippen LogP contribution is -2.26. The highest BCUT2D eigenvalue weighted by molar-refractivity contribution is 5.81. The number of nitrogens with two attached hydrogens (primary N) is 1. The van der Waals surface area contributed by atoms with E-state index in [0.29, 0.717) is 17.9 Å². The molecule has 0 fully saturated rings. The molecule has 6 nitrogen and oxygen atoms in total. The zero-order chi connectivity index (χ0) is 17.4. The molecular weight excluding hydrogens is 312 g/mol. The number of pyridine rings is 1. The molecule has 3 heterocycles. The van der Waals surface area contributed by atoms with Crippen molar-refractivity contribution in [1.29, 1.82) is 5.26 Å². The average Bonchev–Trinajstić information content (AvgIpc) is 3.15. The van der Waals surface area contributed by atoms with Crippen molar-refractivity contribution in [2.75, 3.05) is 12.3 Å². The van der Waals surface area contributed by atoms with Gasteiger partial charge in [-0.1, -0.05) is 6.07 Å². The van der Waals surface area contributed by atoms with Gasteiger partial charge < -0.3 is 11.1 Å². The molecule has 25 heavy (non-hydrogen) atoms. The molecule has 1 aliphatic rings. The molecule has 0 atom stereocenters. The first-order chi connectivity index (χ1) is 12.2. The van der Waals surface area contributed by atoms with Crippen LogP contribution in [0.15, 0.2) is 36.7 Å². The standard InChI is InChI=1S/C19H18N6/c1-12-9-13(25-8-2-6-23-25)3-4-14(12)18-15(10-20)19(21)24-17-5-7-22-11-16(17)18/h2-4,6,8-9,22H,5,7,11H2,1H3,(H2,21,24). The lowest BCUT2D eigenvalue weighted by molar-refractivity contribution is 0.632. The molecule has 0 saturated carbocycles. The smallest absolute Gasteiger partial charge is 0.142 e. The minimum atomic E-state index is 0.314. The second kappa shape index (κ2) is 6.04. The Bertz CT molecular complexity index is 982. The van der Waals surface area contributed by atoms with Crippen molar-refractivity contribution < 1.29 is 0 Å². The summed E-state index contributed by atoms with van der Waals surface area (Å²) in [5.41, 5.74) is 12.6. The van der Waals surface area contributed by atoms with E-state index in [9.17, 15) is 5.26 Å². The molecule has 0 aliphatic carbocycles. The number of aromatic nitrogens is 3. The molecule has 6 heteroatoms. The summed E-state index contributed by atoms with van der Waals surface area (Å²) in [6.07, 6.45) is 4.48. The third kappa shape index (κ3) is 2.55. The topological polar surface area (TPSA) is 92.5 Å². The van der Waals surface area contributed by atoms with Crippen molar-refractivity contribution in [2.24, 2.45) is 0 Å². The maximum absolute atomic E-state index is 9.65. The quantitative estimate of drug-likeness (QED) is 0.752. The van der Waals surface area contributed by atoms with Crippen LogP contribution in [0.1, 0.15) is 22.4 Å². The van der Waals surface area contributed by atoms with Gasteiger partial charge in [0.25, 0.3) is 0 Å². The van der Waals surface area contributed by atoms with Crippen molar-refractivity contribution in [3.05, 3.63) is 59.0 Å². The Kier molecular flexibility index (Phi) is 3.71. The number of fused-ring (bicyclic) bond motifs is 1. The van der Waals surface area contributed by atoms with E-state index in [1.807, 2.05) is 36.0 Å². The number of aryl methyl sites for hydroxylation is 1. The van der Waals surface area contributed by atoms with Crippen LogP contribution >= 0.6 is 0 Å². The van der Waals surface area contributed by atoms with E-state index in [2.05, 4.69) is 27.5 Å². The van der Waals surface area contributed by atoms with E-state index >= 15 is 0 Å². The third-order valence-corrected chi connectivity index (χ3v) is 4.61. The Morgan fingerprint density at radius 2 is 2.24 bits per heavy atom. The number of nitrogens with zero attached hydrogens (tertiary/aromatic N) is 4. The monoisotopic (exact) mass is 330 g/mol. The van der Waals surface area contributed by atoms with Crippen molar-refractivity contribution in [3.63, 3.8) is 0 Å². The van der Waals surface area contributed by atoms with Gasteiger partial charge >= 0.3 is 0 Å². The highest BCUT2D eigenvalue weighted by atomic mass is 15.3. The Morgan fingerprint density at radius 1 is 1.36 bits per heavy atom. The van der Waals surface area contributed by atoms with Gasteiger partial charge in [0, 0.05) is 43.2 Å². The normalized spacial score (nSPS) is 13.3. The Labute approximate surface area is 145 Å². The van der Waals surface area contributed by atoms with Crippen molar-refractivity contribution in [1.82, 2.24) is 20.1 Å². The second-order valence-electron chi connectivity index (χ2n) is 6.16. The van der Waals surface area contributed by atoms with Gasteiger partial charge in [-0.15, -0.1) is 0 Å². The summed E-state index contributed by atoms with van der Waals surface area (Å²) in [5.74, 6) is 0.314. The molecule has 3 N–H and O–H groups in total. The second-order valence-corrected chi connectivity index (χ2v) is 6.16. The first-order valence-corrected chi connectivity index (χ1v) is 8.22. The van der Waals surface area contributed by atoms with E-state index in [1.54, 1.807) is 6.20 Å². The van der Waals surface area contributed by atoms with Gasteiger partial charge in [-0.3, -0.25) is 0 Å². The van der Waals surface area contributed by atoms with Crippen LogP contribution in [0.3, 0.4) is 0 Å². The average molecular weight is 330 g/mol. The maximum atomic E-state index is 9.65. The summed E-state index contributed by atoms with van der Waals surface area (Å²) in [6.45, 7) is 3.62. The number of nitriles is 1. The van der Waals surface area contributed by atoms with Crippen molar-refractivity contribution >= 4 is 5.82 Å². The SMILES string of the molecule is Cc1cc(-n2cccn2)ccc1-c1c(C#N)c(N)nc2c1CNCC2. The zero-order valence-corrected chi connectivity index (χ0v) is 14.0. The number of hydrogen-bond donors (Lipinski definition) is 2. The van der Waals surface area contributed by atoms with Crippen LogP contribution in [0.25, 0.3) is 16.8 Å². The molecule has 3 aromatic rings. The predicted octanol–water partition coefficient (Wildman–Crippen LogP) is 2.34. The zero-order valence-electron chi connectivity index (χ0n) is 14.0. The van der Waals surface area contributed by atoms with E-state index in [-0.39, 0.29) is 0 Å². The molecule has 124 valence electrons. The molecule has 1 aliphatic heterocycles. The highest BCUT2D eigenvalue weighted by Crippen LogP contribution is 2.35. The summed E-state index contributed by atoms with van der Waals surface area (Å²) in [4.78, 5) is 4.46. The van der Waals surface area contributed by atoms with E-state index < -0.39 is 0 Å². The largest absolute Gasteiger partial charge is 0.383 e. The fourth-order valence-electron chi connectivity index (χ4n) is 3.41. The fourth-order valence-corrected chi connectivity index (χ4v) is 3.41. The van der Waals surface area contributed by atoms with Crippen LogP contribution in [0.4, 0.5) is 5.82 Å². The van der Waals surface area contributed by atoms with Gasteiger partial charge in [0.2, 0.25) is 0 Å². The number of anilines is 1. The summed E-state index contributed by atoms with van der Waals surface area (Å²) in [6, 6.07) is 10.3. The molecule has 0 radical (unpaired) electrons. The van der Waals surface area contributed by atoms with Crippen LogP contribution in [0.2, 0.25) is 0 Å². The number of benzene rings is 1. The van der Waals surface area contributed by atoms with E-state index in [4.69, 9.17) is 5.73 Å². The first-order valence-electron chi connectivity index (χ1n) is 8.22. The number of rotatable bonds is 2. The first kappa shape index (κ1) is 15.4. The summed E-state index contributed by atoms with van der Waals surface area (Å²) >= 11 is 0. The van der Waals surface area contributed by atoms with Crippen molar-refractivity contribution in [2.45, 2.75) is 19.9 Å². The Balaban J connectivity index is 1.93. The number of hydrogen-bond acceptors (Lipinski definition) is 5. The molecule has 0 spiro atoms. The van der Waals surface area contributed by atoms with Gasteiger partial charge in [-0.2, -0.15) is 10.4 Å². The van der Waals surface area contributed by atoms with Gasteiger partial charge in [0.15, 0.2) is 0 Å². The third-order valence-electron chi connectivity index (χ3n) is 4.61. The van der Waals surface area contributed by atoms with Crippen LogP contribution in [0, 0.1) is 18.3 Å². The van der Waals surface area contributed by atoms with Crippen LogP contribution in [-0.4, -0.2) is 21.3 Å². The van der Waals surface area contributed by atoms with E-state index in [0.717, 1.165) is 46.6 Å². The minimum absolute atomic E-state index is 0.314. The summed E-state index contributed by atoms with van der Waals surface area (Å²) < 4.78 is 1.82. The molecule has 0 saturated heterocycles. The number of nitrogens with one attached hydrogen (secondary N) is 1. The highest BCUT2D eigenvalue weighted by Gasteiger charge is 2.22. The Hall–Kier alpha value is -3.17. The van der Waals surface area contributed by atoms with Gasteiger partial charge in [0.1, 0.15) is 17.5 Å². The van der Waals surface area contributed by atoms with E-state index in [1.165, 1.54) is 0 Å². The van der Waals surface area contributed by atoms with Gasteiger partial charge in [0.05, 0.1) is 5.69 Å². The van der Waals surface area contributed by atoms with Gasteiger partial charge in [-0.25, -0.2) is 9.67 Å². The minimum Gasteiger partial charge on any atom is -0.383 e. The fraction of sp³-hybridized carbons (Fsp3) is 0.211. The van der Waals surface area contributed by atoms with Crippen LogP contribution < -0.4 is 11.1 Å². The summed E-state index contributed by atoms with van der Waals surface area (Å²) in [7, 11) is 0. The molecule has 4 rings (SSSR count). The predicted molar refractivity (Wildman–Crippen MR) is 96.1 cm³/mol. The van der Waals surface area contributed by atoms with Gasteiger partial charge in [-0.05, 0) is 41.8 Å². The maximum Gasteiger partial charge on any atom is 0.142 e. The lowest BCUT2D eigenvalue weighted by Gasteiger charge is -2.23. The summed E-state index contributed by atoms with van der Waals surface area (Å²) in [5, 5.41) is 17.3.